The zero-order valence-electron chi connectivity index (χ0n) is 16.4. The Bertz CT molecular complexity index is 361. The van der Waals surface area contributed by atoms with Gasteiger partial charge in [0.2, 0.25) is 5.91 Å². The third kappa shape index (κ3) is 7.26. The van der Waals surface area contributed by atoms with Crippen LogP contribution >= 0.6 is 0 Å². The van der Waals surface area contributed by atoms with Crippen LogP contribution in [0.2, 0.25) is 0 Å². The van der Waals surface area contributed by atoms with Crippen LogP contribution in [0.15, 0.2) is 0 Å². The van der Waals surface area contributed by atoms with Crippen LogP contribution in [0, 0.1) is 17.8 Å². The first-order valence-corrected chi connectivity index (χ1v) is 10.7. The lowest BCUT2D eigenvalue weighted by molar-refractivity contribution is -0.123. The van der Waals surface area contributed by atoms with Crippen LogP contribution in [0.1, 0.15) is 77.0 Å². The van der Waals surface area contributed by atoms with Gasteiger partial charge in [0.05, 0.1) is 12.5 Å². The molecule has 146 valence electrons. The molecule has 2 aliphatic rings. The van der Waals surface area contributed by atoms with Crippen molar-refractivity contribution in [3.05, 3.63) is 0 Å². The van der Waals surface area contributed by atoms with Crippen molar-refractivity contribution in [2.45, 2.75) is 77.0 Å². The Hall–Kier alpha value is -0.610. The van der Waals surface area contributed by atoms with Gasteiger partial charge in [-0.2, -0.15) is 0 Å². The highest BCUT2D eigenvalue weighted by Crippen LogP contribution is 2.36. The van der Waals surface area contributed by atoms with Crippen LogP contribution in [0.4, 0.5) is 0 Å². The molecule has 2 fully saturated rings. The van der Waals surface area contributed by atoms with Gasteiger partial charge in [0, 0.05) is 26.7 Å². The second-order valence-electron chi connectivity index (χ2n) is 8.30. The van der Waals surface area contributed by atoms with Crippen molar-refractivity contribution in [3.8, 4) is 0 Å². The fraction of sp³-hybridized carbons (Fsp3) is 0.952. The summed E-state index contributed by atoms with van der Waals surface area (Å²) in [5, 5.41) is 0. The highest BCUT2D eigenvalue weighted by molar-refractivity contribution is 5.77. The predicted octanol–water partition coefficient (Wildman–Crippen LogP) is 3.98. The highest BCUT2D eigenvalue weighted by atomic mass is 16.5. The lowest BCUT2D eigenvalue weighted by Crippen LogP contribution is -2.33. The van der Waals surface area contributed by atoms with E-state index in [1.54, 1.807) is 7.11 Å². The number of carbonyl (C=O) groups is 1. The van der Waals surface area contributed by atoms with Crippen LogP contribution in [0.5, 0.6) is 0 Å². The van der Waals surface area contributed by atoms with Crippen LogP contribution in [-0.4, -0.2) is 44.2 Å². The summed E-state index contributed by atoms with van der Waals surface area (Å²) >= 11 is 0. The molecule has 1 amide bonds. The smallest absolute Gasteiger partial charge is 0.222 e. The van der Waals surface area contributed by atoms with Gasteiger partial charge in [-0.1, -0.05) is 77.0 Å². The molecule has 2 unspecified atom stereocenters. The van der Waals surface area contributed by atoms with Gasteiger partial charge < -0.3 is 10.5 Å². The van der Waals surface area contributed by atoms with E-state index < -0.39 is 0 Å². The number of likely N-dealkylation sites (tertiary alicyclic amines) is 1. The Balaban J connectivity index is 1.94. The van der Waals surface area contributed by atoms with Crippen molar-refractivity contribution in [2.75, 3.05) is 33.4 Å². The maximum Gasteiger partial charge on any atom is 0.222 e. The first-order chi connectivity index (χ1) is 12.2. The van der Waals surface area contributed by atoms with Crippen LogP contribution in [-0.2, 0) is 9.53 Å². The van der Waals surface area contributed by atoms with Crippen molar-refractivity contribution in [3.63, 3.8) is 0 Å². The van der Waals surface area contributed by atoms with E-state index in [2.05, 4.69) is 4.90 Å². The summed E-state index contributed by atoms with van der Waals surface area (Å²) < 4.78 is 5.23. The van der Waals surface area contributed by atoms with E-state index in [0.29, 0.717) is 11.8 Å². The second kappa shape index (κ2) is 11.9. The van der Waals surface area contributed by atoms with Gasteiger partial charge in [0.15, 0.2) is 0 Å². The average molecular weight is 353 g/mol. The maximum atomic E-state index is 12.1. The number of carbonyl (C=O) groups excluding carboxylic acids is 1. The molecule has 0 radical (unpaired) electrons. The summed E-state index contributed by atoms with van der Waals surface area (Å²) in [6.07, 6.45) is 16.4. The van der Waals surface area contributed by atoms with E-state index >= 15 is 0 Å². The van der Waals surface area contributed by atoms with Gasteiger partial charge in [0.1, 0.15) is 0 Å². The number of amides is 1. The molecule has 1 saturated heterocycles. The molecule has 2 atom stereocenters. The molecule has 1 saturated carbocycles. The third-order valence-electron chi connectivity index (χ3n) is 6.42. The minimum atomic E-state index is -0.0900. The second-order valence-corrected chi connectivity index (χ2v) is 8.30. The van der Waals surface area contributed by atoms with Crippen molar-refractivity contribution >= 4 is 5.91 Å². The molecular weight excluding hydrogens is 312 g/mol. The number of hydrogen-bond acceptors (Lipinski definition) is 3. The minimum Gasteiger partial charge on any atom is -0.383 e. The van der Waals surface area contributed by atoms with E-state index in [1.165, 1.54) is 77.0 Å². The normalized spacial score (nSPS) is 28.8. The quantitative estimate of drug-likeness (QED) is 0.814. The third-order valence-corrected chi connectivity index (χ3v) is 6.42. The maximum absolute atomic E-state index is 12.1. The molecule has 0 spiro atoms. The zero-order valence-corrected chi connectivity index (χ0v) is 16.4. The number of nitrogens with two attached hydrogens (primary N) is 1. The molecule has 0 aromatic heterocycles. The Morgan fingerprint density at radius 3 is 1.92 bits per heavy atom. The van der Waals surface area contributed by atoms with Gasteiger partial charge in [-0.05, 0) is 11.8 Å². The molecule has 0 bridgehead atoms. The molecule has 2 N–H and O–H groups in total. The monoisotopic (exact) mass is 352 g/mol. The standard InChI is InChI=1S/C21H40N2O2/c1-25-15-14-23-16-19(20(17-23)21(22)24)18-12-10-8-6-4-2-3-5-7-9-11-13-18/h18-20H,2-17H2,1H3,(H2,22,24). The van der Waals surface area contributed by atoms with Crippen molar-refractivity contribution in [2.24, 2.45) is 23.5 Å². The Morgan fingerprint density at radius 1 is 0.920 bits per heavy atom. The van der Waals surface area contributed by atoms with E-state index in [1.807, 2.05) is 0 Å². The Labute approximate surface area is 154 Å². The van der Waals surface area contributed by atoms with Gasteiger partial charge in [0.25, 0.3) is 0 Å². The number of rotatable bonds is 5. The van der Waals surface area contributed by atoms with Crippen LogP contribution in [0.25, 0.3) is 0 Å². The predicted molar refractivity (Wildman–Crippen MR) is 103 cm³/mol. The van der Waals surface area contributed by atoms with Gasteiger partial charge in [-0.25, -0.2) is 0 Å². The van der Waals surface area contributed by atoms with Crippen molar-refractivity contribution < 1.29 is 9.53 Å². The van der Waals surface area contributed by atoms with Crippen molar-refractivity contribution in [1.29, 1.82) is 0 Å². The molecule has 0 aromatic carbocycles. The number of nitrogens with zero attached hydrogens (tertiary/aromatic N) is 1. The van der Waals surface area contributed by atoms with E-state index in [-0.39, 0.29) is 11.8 Å². The topological polar surface area (TPSA) is 55.6 Å². The first-order valence-electron chi connectivity index (χ1n) is 10.7. The lowest BCUT2D eigenvalue weighted by atomic mass is 9.78. The fourth-order valence-corrected chi connectivity index (χ4v) is 4.89. The number of ether oxygens (including phenoxy) is 1. The molecule has 1 aliphatic heterocycles. The summed E-state index contributed by atoms with van der Waals surface area (Å²) in [5.74, 6) is 1.08. The molecular formula is C21H40N2O2. The Morgan fingerprint density at radius 2 is 1.44 bits per heavy atom. The number of hydrogen-bond donors (Lipinski definition) is 1. The Kier molecular flexibility index (Phi) is 9.85. The SMILES string of the molecule is COCCN1CC(C(N)=O)C(C2CCCCCCCCCCCC2)C1. The largest absolute Gasteiger partial charge is 0.383 e. The highest BCUT2D eigenvalue weighted by Gasteiger charge is 2.40. The van der Waals surface area contributed by atoms with E-state index in [9.17, 15) is 4.79 Å². The lowest BCUT2D eigenvalue weighted by Gasteiger charge is -2.27. The summed E-state index contributed by atoms with van der Waals surface area (Å²) in [4.78, 5) is 14.5. The molecule has 25 heavy (non-hydrogen) atoms. The summed E-state index contributed by atoms with van der Waals surface area (Å²) in [6.45, 7) is 3.52. The molecule has 4 heteroatoms. The molecule has 4 nitrogen and oxygen atoms in total. The van der Waals surface area contributed by atoms with E-state index in [0.717, 1.165) is 26.2 Å². The molecule has 0 aromatic rings. The summed E-state index contributed by atoms with van der Waals surface area (Å²) in [5.41, 5.74) is 5.78. The van der Waals surface area contributed by atoms with Crippen molar-refractivity contribution in [1.82, 2.24) is 4.90 Å². The van der Waals surface area contributed by atoms with E-state index in [4.69, 9.17) is 10.5 Å². The molecule has 1 heterocycles. The van der Waals surface area contributed by atoms with Gasteiger partial charge in [-0.15, -0.1) is 0 Å². The number of primary amides is 1. The molecule has 2 rings (SSSR count). The van der Waals surface area contributed by atoms with Crippen LogP contribution in [0.3, 0.4) is 0 Å². The minimum absolute atomic E-state index is 0.0394. The molecule has 1 aliphatic carbocycles. The van der Waals surface area contributed by atoms with Gasteiger partial charge >= 0.3 is 0 Å². The zero-order chi connectivity index (χ0) is 17.9. The van der Waals surface area contributed by atoms with Crippen LogP contribution < -0.4 is 5.73 Å². The number of methoxy groups -OCH3 is 1. The summed E-state index contributed by atoms with van der Waals surface area (Å²) in [7, 11) is 1.74. The average Bonchev–Trinajstić information content (AvgIpc) is 3.03. The fourth-order valence-electron chi connectivity index (χ4n) is 4.89. The summed E-state index contributed by atoms with van der Waals surface area (Å²) in [6, 6.07) is 0. The first kappa shape index (κ1) is 20.7. The van der Waals surface area contributed by atoms with Gasteiger partial charge in [-0.3, -0.25) is 9.69 Å².